The molecule has 2 heterocycles. The van der Waals surface area contributed by atoms with Crippen molar-refractivity contribution in [1.82, 2.24) is 4.90 Å². The van der Waals surface area contributed by atoms with E-state index < -0.39 is 11.6 Å². The van der Waals surface area contributed by atoms with Gasteiger partial charge in [0, 0.05) is 36.9 Å². The number of thiophene rings is 1. The summed E-state index contributed by atoms with van der Waals surface area (Å²) in [4.78, 5) is 17.6. The van der Waals surface area contributed by atoms with Crippen molar-refractivity contribution >= 4 is 22.9 Å². The summed E-state index contributed by atoms with van der Waals surface area (Å²) in [5, 5.41) is 1.85. The Kier molecular flexibility index (Phi) is 6.20. The van der Waals surface area contributed by atoms with E-state index >= 15 is 0 Å². The second-order valence-electron chi connectivity index (χ2n) is 7.35. The van der Waals surface area contributed by atoms with Crippen molar-refractivity contribution in [3.05, 3.63) is 87.9 Å². The first kappa shape index (κ1) is 20.6. The highest BCUT2D eigenvalue weighted by molar-refractivity contribution is 7.12. The van der Waals surface area contributed by atoms with Crippen LogP contribution in [-0.4, -0.2) is 29.9 Å². The Hall–Kier alpha value is -2.64. The molecule has 1 fully saturated rings. The van der Waals surface area contributed by atoms with Crippen molar-refractivity contribution in [2.24, 2.45) is 0 Å². The summed E-state index contributed by atoms with van der Waals surface area (Å²) in [7, 11) is 0. The highest BCUT2D eigenvalue weighted by atomic mass is 32.1. The number of likely N-dealkylation sites (tertiary alicyclic amines) is 1. The van der Waals surface area contributed by atoms with Crippen molar-refractivity contribution in [3.63, 3.8) is 0 Å². The van der Waals surface area contributed by atoms with Crippen molar-refractivity contribution in [3.8, 4) is 0 Å². The molecule has 1 aliphatic rings. The standard InChI is InChI=1S/C23H21F3N2OS/c24-17-6-8-18(9-7-17)28(23(29)21-5-2-14-30-21)19-10-12-27(13-11-19)15-16-3-1-4-20(25)22(16)26/h1-9,14,19H,10-13,15H2. The molecule has 1 saturated heterocycles. The Balaban J connectivity index is 1.49. The molecule has 7 heteroatoms. The minimum Gasteiger partial charge on any atom is -0.305 e. The predicted molar refractivity (Wildman–Crippen MR) is 112 cm³/mol. The van der Waals surface area contributed by atoms with Crippen LogP contribution in [0, 0.1) is 17.5 Å². The van der Waals surface area contributed by atoms with Crippen molar-refractivity contribution in [1.29, 1.82) is 0 Å². The zero-order chi connectivity index (χ0) is 21.1. The number of hydrogen-bond acceptors (Lipinski definition) is 3. The molecule has 1 aliphatic heterocycles. The highest BCUT2D eigenvalue weighted by Crippen LogP contribution is 2.28. The van der Waals surface area contributed by atoms with E-state index in [1.807, 2.05) is 11.4 Å². The van der Waals surface area contributed by atoms with Crippen LogP contribution < -0.4 is 4.90 Å². The first-order chi connectivity index (χ1) is 14.5. The molecule has 156 valence electrons. The maximum Gasteiger partial charge on any atom is 0.268 e. The molecule has 3 aromatic rings. The number of benzene rings is 2. The Morgan fingerprint density at radius 1 is 1.00 bits per heavy atom. The lowest BCUT2D eigenvalue weighted by Gasteiger charge is -2.38. The molecular formula is C23H21F3N2OS. The second kappa shape index (κ2) is 9.02. The van der Waals surface area contributed by atoms with Gasteiger partial charge in [0.05, 0.1) is 4.88 Å². The lowest BCUT2D eigenvalue weighted by atomic mass is 10.0. The topological polar surface area (TPSA) is 23.6 Å². The Labute approximate surface area is 177 Å². The van der Waals surface area contributed by atoms with Crippen LogP contribution in [-0.2, 0) is 6.54 Å². The van der Waals surface area contributed by atoms with Gasteiger partial charge in [0.2, 0.25) is 0 Å². The number of hydrogen-bond donors (Lipinski definition) is 0. The van der Waals surface area contributed by atoms with E-state index in [4.69, 9.17) is 0 Å². The van der Waals surface area contributed by atoms with Crippen molar-refractivity contribution in [2.75, 3.05) is 18.0 Å². The Bertz CT molecular complexity index is 1000. The van der Waals surface area contributed by atoms with Crippen LogP contribution in [0.1, 0.15) is 28.1 Å². The van der Waals surface area contributed by atoms with Crippen LogP contribution in [0.4, 0.5) is 18.9 Å². The van der Waals surface area contributed by atoms with Crippen LogP contribution in [0.5, 0.6) is 0 Å². The fourth-order valence-electron chi connectivity index (χ4n) is 3.86. The van der Waals surface area contributed by atoms with E-state index in [9.17, 15) is 18.0 Å². The first-order valence-corrected chi connectivity index (χ1v) is 10.7. The molecule has 0 saturated carbocycles. The van der Waals surface area contributed by atoms with Crippen LogP contribution >= 0.6 is 11.3 Å². The molecule has 0 N–H and O–H groups in total. The number of amides is 1. The van der Waals surface area contributed by atoms with Crippen molar-refractivity contribution < 1.29 is 18.0 Å². The number of rotatable bonds is 5. The molecule has 30 heavy (non-hydrogen) atoms. The zero-order valence-electron chi connectivity index (χ0n) is 16.2. The summed E-state index contributed by atoms with van der Waals surface area (Å²) in [6.45, 7) is 1.62. The first-order valence-electron chi connectivity index (χ1n) is 9.81. The smallest absolute Gasteiger partial charge is 0.268 e. The molecule has 1 amide bonds. The van der Waals surface area contributed by atoms with Gasteiger partial charge in [-0.2, -0.15) is 0 Å². The van der Waals surface area contributed by atoms with E-state index in [1.54, 1.807) is 29.2 Å². The maximum atomic E-state index is 14.0. The van der Waals surface area contributed by atoms with Crippen LogP contribution in [0.2, 0.25) is 0 Å². The minimum atomic E-state index is -0.841. The van der Waals surface area contributed by atoms with Crippen LogP contribution in [0.25, 0.3) is 0 Å². The quantitative estimate of drug-likeness (QED) is 0.535. The van der Waals surface area contributed by atoms with Gasteiger partial charge in [-0.15, -0.1) is 11.3 Å². The number of piperidine rings is 1. The summed E-state index contributed by atoms with van der Waals surface area (Å²) in [6, 6.07) is 13.7. The molecule has 0 unspecified atom stereocenters. The van der Waals surface area contributed by atoms with E-state index in [-0.39, 0.29) is 17.8 Å². The number of nitrogens with zero attached hydrogens (tertiary/aromatic N) is 2. The molecule has 2 aromatic carbocycles. The Morgan fingerprint density at radius 2 is 1.73 bits per heavy atom. The van der Waals surface area contributed by atoms with Crippen LogP contribution in [0.15, 0.2) is 60.0 Å². The summed E-state index contributed by atoms with van der Waals surface area (Å²) < 4.78 is 40.9. The highest BCUT2D eigenvalue weighted by Gasteiger charge is 2.30. The monoisotopic (exact) mass is 430 g/mol. The van der Waals surface area contributed by atoms with E-state index in [1.165, 1.54) is 29.5 Å². The zero-order valence-corrected chi connectivity index (χ0v) is 17.0. The number of carbonyl (C=O) groups excluding carboxylic acids is 1. The van der Waals surface area contributed by atoms with Gasteiger partial charge in [-0.05, 0) is 54.6 Å². The third-order valence-electron chi connectivity index (χ3n) is 5.40. The molecule has 0 radical (unpaired) electrons. The fraction of sp³-hybridized carbons (Fsp3) is 0.261. The summed E-state index contributed by atoms with van der Waals surface area (Å²) in [5.74, 6) is -2.10. The average molecular weight is 430 g/mol. The summed E-state index contributed by atoms with van der Waals surface area (Å²) >= 11 is 1.37. The van der Waals surface area contributed by atoms with Gasteiger partial charge in [-0.25, -0.2) is 13.2 Å². The fourth-order valence-corrected chi connectivity index (χ4v) is 4.52. The Morgan fingerprint density at radius 3 is 2.40 bits per heavy atom. The number of carbonyl (C=O) groups is 1. The number of halogens is 3. The number of anilines is 1. The van der Waals surface area contributed by atoms with Gasteiger partial charge >= 0.3 is 0 Å². The SMILES string of the molecule is O=C(c1cccs1)N(c1ccc(F)cc1)C1CCN(Cc2cccc(F)c2F)CC1. The molecule has 3 nitrogen and oxygen atoms in total. The molecule has 1 aromatic heterocycles. The molecule has 0 aliphatic carbocycles. The van der Waals surface area contributed by atoms with Crippen LogP contribution in [0.3, 0.4) is 0 Å². The maximum absolute atomic E-state index is 14.0. The molecule has 4 rings (SSSR count). The minimum absolute atomic E-state index is 0.0568. The van der Waals surface area contributed by atoms with Gasteiger partial charge in [0.15, 0.2) is 11.6 Å². The third-order valence-corrected chi connectivity index (χ3v) is 6.26. The lowest BCUT2D eigenvalue weighted by molar-refractivity contribution is 0.0962. The van der Waals surface area contributed by atoms with E-state index in [2.05, 4.69) is 4.90 Å². The normalized spacial score (nSPS) is 15.3. The van der Waals surface area contributed by atoms with Gasteiger partial charge in [-0.1, -0.05) is 18.2 Å². The molecule has 0 bridgehead atoms. The van der Waals surface area contributed by atoms with Crippen molar-refractivity contribution in [2.45, 2.75) is 25.4 Å². The molecule has 0 spiro atoms. The van der Waals surface area contributed by atoms with Gasteiger partial charge in [-0.3, -0.25) is 9.69 Å². The van der Waals surface area contributed by atoms with E-state index in [0.29, 0.717) is 48.6 Å². The predicted octanol–water partition coefficient (Wildman–Crippen LogP) is 5.48. The van der Waals surface area contributed by atoms with Gasteiger partial charge in [0.1, 0.15) is 5.82 Å². The van der Waals surface area contributed by atoms with Gasteiger partial charge < -0.3 is 4.90 Å². The lowest BCUT2D eigenvalue weighted by Crippen LogP contribution is -2.47. The van der Waals surface area contributed by atoms with Gasteiger partial charge in [0.25, 0.3) is 5.91 Å². The summed E-state index contributed by atoms with van der Waals surface area (Å²) in [5.41, 5.74) is 0.989. The largest absolute Gasteiger partial charge is 0.305 e. The third kappa shape index (κ3) is 4.42. The average Bonchev–Trinajstić information content (AvgIpc) is 3.29. The second-order valence-corrected chi connectivity index (χ2v) is 8.30. The summed E-state index contributed by atoms with van der Waals surface area (Å²) in [6.07, 6.45) is 1.37. The molecular weight excluding hydrogens is 409 g/mol. The van der Waals surface area contributed by atoms with E-state index in [0.717, 1.165) is 6.07 Å². The molecule has 0 atom stereocenters.